The van der Waals surface area contributed by atoms with E-state index in [1.807, 2.05) is 57.3 Å². The van der Waals surface area contributed by atoms with Crippen molar-refractivity contribution in [3.63, 3.8) is 0 Å². The fraction of sp³-hybridized carbons (Fsp3) is 0.520. The molecule has 0 unspecified atom stereocenters. The number of ether oxygens (including phenoxy) is 1. The molecule has 2 aromatic heterocycles. The highest BCUT2D eigenvalue weighted by Crippen LogP contribution is 2.32. The molecule has 7 heteroatoms. The zero-order chi connectivity index (χ0) is 23.5. The van der Waals surface area contributed by atoms with E-state index in [0.717, 1.165) is 28.1 Å². The molecule has 0 saturated carbocycles. The minimum atomic E-state index is -0.613. The van der Waals surface area contributed by atoms with Gasteiger partial charge in [-0.05, 0) is 44.7 Å². The van der Waals surface area contributed by atoms with Crippen molar-refractivity contribution >= 4 is 21.6 Å². The second kappa shape index (κ2) is 10.3. The number of aryl methyl sites for hydroxylation is 1. The van der Waals surface area contributed by atoms with Crippen molar-refractivity contribution in [3.8, 4) is 11.1 Å². The Morgan fingerprint density at radius 3 is 2.56 bits per heavy atom. The Balaban J connectivity index is 1.83. The van der Waals surface area contributed by atoms with Crippen LogP contribution >= 0.6 is 11.3 Å². The number of aromatic nitrogens is 2. The largest absolute Gasteiger partial charge is 0.389 e. The third-order valence-corrected chi connectivity index (χ3v) is 5.97. The number of hydrogen-bond donors (Lipinski definition) is 2. The monoisotopic (exact) mass is 457 g/mol. The minimum Gasteiger partial charge on any atom is -0.389 e. The van der Waals surface area contributed by atoms with E-state index in [-0.39, 0.29) is 17.8 Å². The summed E-state index contributed by atoms with van der Waals surface area (Å²) in [5.74, 6) is 1.03. The SMILES string of the molecule is Cc1ccccc1-c1csc2nc(CN(CC(C)C)C[C@H](O)COC(C)(C)C)[nH]c(=O)c12. The first-order chi connectivity index (χ1) is 15.0. The number of fused-ring (bicyclic) bond motifs is 1. The molecule has 3 aromatic rings. The minimum absolute atomic E-state index is 0.120. The molecule has 2 N–H and O–H groups in total. The molecule has 6 nitrogen and oxygen atoms in total. The van der Waals surface area contributed by atoms with Gasteiger partial charge in [-0.25, -0.2) is 4.98 Å². The van der Waals surface area contributed by atoms with Gasteiger partial charge in [-0.3, -0.25) is 9.69 Å². The zero-order valence-electron chi connectivity index (χ0n) is 19.9. The van der Waals surface area contributed by atoms with E-state index in [9.17, 15) is 9.90 Å². The van der Waals surface area contributed by atoms with Gasteiger partial charge in [0.05, 0.1) is 30.2 Å². The van der Waals surface area contributed by atoms with E-state index < -0.39 is 6.10 Å². The topological polar surface area (TPSA) is 78.5 Å². The first-order valence-electron chi connectivity index (χ1n) is 11.1. The summed E-state index contributed by atoms with van der Waals surface area (Å²) < 4.78 is 5.73. The van der Waals surface area contributed by atoms with Crippen LogP contribution in [0.15, 0.2) is 34.4 Å². The number of H-pyrrole nitrogens is 1. The van der Waals surface area contributed by atoms with Gasteiger partial charge in [0.15, 0.2) is 0 Å². The number of rotatable bonds is 9. The van der Waals surface area contributed by atoms with Gasteiger partial charge in [0.1, 0.15) is 10.7 Å². The predicted molar refractivity (Wildman–Crippen MR) is 132 cm³/mol. The lowest BCUT2D eigenvalue weighted by Crippen LogP contribution is -2.39. The Kier molecular flexibility index (Phi) is 7.88. The molecular formula is C25H35N3O3S. The fourth-order valence-corrected chi connectivity index (χ4v) is 4.73. The van der Waals surface area contributed by atoms with Gasteiger partial charge in [-0.15, -0.1) is 11.3 Å². The highest BCUT2D eigenvalue weighted by molar-refractivity contribution is 7.17. The summed E-state index contributed by atoms with van der Waals surface area (Å²) in [6.45, 7) is 14.2. The number of benzene rings is 1. The van der Waals surface area contributed by atoms with Crippen LogP contribution in [0.2, 0.25) is 0 Å². The lowest BCUT2D eigenvalue weighted by atomic mass is 10.0. The fourth-order valence-electron chi connectivity index (χ4n) is 3.77. The van der Waals surface area contributed by atoms with Crippen molar-refractivity contribution in [2.45, 2.75) is 59.8 Å². The number of thiophene rings is 1. The lowest BCUT2D eigenvalue weighted by molar-refractivity contribution is -0.0574. The van der Waals surface area contributed by atoms with Crippen LogP contribution in [-0.2, 0) is 11.3 Å². The van der Waals surface area contributed by atoms with Crippen LogP contribution in [0.1, 0.15) is 46.0 Å². The average molecular weight is 458 g/mol. The standard InChI is InChI=1S/C25H35N3O3S/c1-16(2)11-28(12-18(29)14-31-25(4,5)6)13-21-26-23(30)22-20(15-32-24(22)27-21)19-10-8-7-9-17(19)3/h7-10,15-16,18,29H,11-14H2,1-6H3,(H,26,27,30)/t18-/m0/s1. The Hall–Kier alpha value is -2.06. The van der Waals surface area contributed by atoms with Gasteiger partial charge in [-0.1, -0.05) is 38.1 Å². The molecule has 3 rings (SSSR count). The molecule has 0 aliphatic heterocycles. The van der Waals surface area contributed by atoms with Crippen molar-refractivity contribution in [2.24, 2.45) is 5.92 Å². The molecular weight excluding hydrogens is 422 g/mol. The summed E-state index contributed by atoms with van der Waals surface area (Å²) in [6, 6.07) is 8.07. The molecule has 0 bridgehead atoms. The molecule has 1 atom stereocenters. The maximum absolute atomic E-state index is 13.0. The van der Waals surface area contributed by atoms with E-state index in [1.165, 1.54) is 11.3 Å². The van der Waals surface area contributed by atoms with Crippen LogP contribution in [0, 0.1) is 12.8 Å². The molecule has 0 aliphatic rings. The van der Waals surface area contributed by atoms with Crippen LogP contribution in [0.4, 0.5) is 0 Å². The summed E-state index contributed by atoms with van der Waals surface area (Å²) in [4.78, 5) is 23.6. The van der Waals surface area contributed by atoms with Crippen molar-refractivity contribution in [2.75, 3.05) is 19.7 Å². The third-order valence-electron chi connectivity index (χ3n) is 5.10. The molecule has 32 heavy (non-hydrogen) atoms. The van der Waals surface area contributed by atoms with Gasteiger partial charge in [0.2, 0.25) is 0 Å². The second-order valence-corrected chi connectivity index (χ2v) is 10.7. The van der Waals surface area contributed by atoms with Crippen molar-refractivity contribution in [3.05, 3.63) is 51.4 Å². The average Bonchev–Trinajstić information content (AvgIpc) is 3.10. The summed E-state index contributed by atoms with van der Waals surface area (Å²) in [6.07, 6.45) is -0.613. The number of hydrogen-bond acceptors (Lipinski definition) is 6. The van der Waals surface area contributed by atoms with Crippen LogP contribution in [0.5, 0.6) is 0 Å². The number of aliphatic hydroxyl groups excluding tert-OH is 1. The van der Waals surface area contributed by atoms with Crippen molar-refractivity contribution in [1.29, 1.82) is 0 Å². The molecule has 0 amide bonds. The van der Waals surface area contributed by atoms with Crippen LogP contribution in [-0.4, -0.2) is 51.4 Å². The number of nitrogens with one attached hydrogen (secondary N) is 1. The van der Waals surface area contributed by atoms with Crippen molar-refractivity contribution < 1.29 is 9.84 Å². The predicted octanol–water partition coefficient (Wildman–Crippen LogP) is 4.59. The summed E-state index contributed by atoms with van der Waals surface area (Å²) in [7, 11) is 0. The van der Waals surface area contributed by atoms with Crippen LogP contribution in [0.3, 0.4) is 0 Å². The van der Waals surface area contributed by atoms with Crippen molar-refractivity contribution in [1.82, 2.24) is 14.9 Å². The number of aliphatic hydroxyl groups is 1. The smallest absolute Gasteiger partial charge is 0.260 e. The molecule has 1 aromatic carbocycles. The molecule has 174 valence electrons. The van der Waals surface area contributed by atoms with Gasteiger partial charge in [0, 0.05) is 24.0 Å². The van der Waals surface area contributed by atoms with Gasteiger partial charge in [0.25, 0.3) is 5.56 Å². The molecule has 0 saturated heterocycles. The summed E-state index contributed by atoms with van der Waals surface area (Å²) in [5.41, 5.74) is 2.70. The zero-order valence-corrected chi connectivity index (χ0v) is 20.8. The molecule has 0 radical (unpaired) electrons. The Labute approximate surface area is 194 Å². The van der Waals surface area contributed by atoms with E-state index in [2.05, 4.69) is 23.7 Å². The Morgan fingerprint density at radius 2 is 1.91 bits per heavy atom. The van der Waals surface area contributed by atoms with Gasteiger partial charge in [-0.2, -0.15) is 0 Å². The second-order valence-electron chi connectivity index (χ2n) is 9.82. The van der Waals surface area contributed by atoms with Gasteiger partial charge >= 0.3 is 0 Å². The Bertz CT molecular complexity index is 1100. The highest BCUT2D eigenvalue weighted by atomic mass is 32.1. The molecule has 0 aliphatic carbocycles. The summed E-state index contributed by atoms with van der Waals surface area (Å²) >= 11 is 1.49. The van der Waals surface area contributed by atoms with E-state index in [4.69, 9.17) is 9.72 Å². The first-order valence-corrected chi connectivity index (χ1v) is 12.0. The number of nitrogens with zero attached hydrogens (tertiary/aromatic N) is 2. The molecule has 0 spiro atoms. The molecule has 2 heterocycles. The first kappa shape index (κ1) is 24.6. The summed E-state index contributed by atoms with van der Waals surface area (Å²) in [5, 5.41) is 13.2. The normalized spacial score (nSPS) is 13.4. The van der Waals surface area contributed by atoms with E-state index in [1.54, 1.807) is 0 Å². The highest BCUT2D eigenvalue weighted by Gasteiger charge is 2.20. The van der Waals surface area contributed by atoms with Crippen LogP contribution < -0.4 is 5.56 Å². The maximum Gasteiger partial charge on any atom is 0.260 e. The van der Waals surface area contributed by atoms with E-state index in [0.29, 0.717) is 30.2 Å². The number of aromatic amines is 1. The lowest BCUT2D eigenvalue weighted by Gasteiger charge is -2.28. The molecule has 0 fully saturated rings. The van der Waals surface area contributed by atoms with E-state index >= 15 is 0 Å². The maximum atomic E-state index is 13.0. The third kappa shape index (κ3) is 6.48. The van der Waals surface area contributed by atoms with Gasteiger partial charge < -0.3 is 14.8 Å². The quantitative estimate of drug-likeness (QED) is 0.491. The van der Waals surface area contributed by atoms with Crippen LogP contribution in [0.25, 0.3) is 21.3 Å². The Morgan fingerprint density at radius 1 is 1.19 bits per heavy atom.